The molecule has 0 fully saturated rings. The average molecular weight is 315 g/mol. The second kappa shape index (κ2) is 19.0. The average Bonchev–Trinajstić information content (AvgIpc) is 2.47. The molecule has 0 aliphatic carbocycles. The fourth-order valence-corrected chi connectivity index (χ4v) is 1.34. The summed E-state index contributed by atoms with van der Waals surface area (Å²) in [5.74, 6) is 0.361. The Morgan fingerprint density at radius 3 is 1.30 bits per heavy atom. The van der Waals surface area contributed by atoms with Gasteiger partial charge in [-0.25, -0.2) is 0 Å². The lowest BCUT2D eigenvalue weighted by atomic mass is 10.7. The molecule has 0 aromatic rings. The first kappa shape index (κ1) is 20.0. The van der Waals surface area contributed by atoms with Crippen LogP contribution in [0.15, 0.2) is 0 Å². The number of halogens is 1. The van der Waals surface area contributed by atoms with Gasteiger partial charge in [-0.3, -0.25) is 0 Å². The first-order chi connectivity index (χ1) is 9.91. The lowest BCUT2D eigenvalue weighted by Crippen LogP contribution is -2.15. The third-order valence-electron chi connectivity index (χ3n) is 2.06. The highest BCUT2D eigenvalue weighted by molar-refractivity contribution is 7.94. The largest absolute Gasteiger partial charge is 0.378 e. The maximum Gasteiger partial charge on any atom is 0.0701 e. The molecule has 0 aliphatic heterocycles. The van der Waals surface area contributed by atoms with E-state index in [2.05, 4.69) is 0 Å². The predicted octanol–water partition coefficient (Wildman–Crippen LogP) is 0.646. The zero-order valence-electron chi connectivity index (χ0n) is 11.9. The highest BCUT2D eigenvalue weighted by Gasteiger charge is 1.93. The molecule has 0 rings (SSSR count). The molecule has 8 heteroatoms. The molecule has 0 spiro atoms. The van der Waals surface area contributed by atoms with Crippen molar-refractivity contribution in [1.82, 2.24) is 0 Å². The molecule has 0 aliphatic rings. The summed E-state index contributed by atoms with van der Waals surface area (Å²) in [6.07, 6.45) is 0. The van der Waals surface area contributed by atoms with Gasteiger partial charge in [0.05, 0.1) is 66.1 Å². The van der Waals surface area contributed by atoms with Crippen molar-refractivity contribution in [2.45, 2.75) is 0 Å². The highest BCUT2D eigenvalue weighted by atomic mass is 32.2. The standard InChI is InChI=1S/C12H26FNO5S/c13-20-12-11-19-10-9-18-8-7-17-6-5-16-4-3-15-2-1-14/h1-12,14H2. The van der Waals surface area contributed by atoms with Crippen LogP contribution < -0.4 is 5.73 Å². The summed E-state index contributed by atoms with van der Waals surface area (Å²) in [4.78, 5) is 0. The van der Waals surface area contributed by atoms with Crippen LogP contribution in [0.4, 0.5) is 3.89 Å². The van der Waals surface area contributed by atoms with Crippen LogP contribution in [0.1, 0.15) is 0 Å². The molecule has 0 aromatic heterocycles. The molecular formula is C12H26FNO5S. The van der Waals surface area contributed by atoms with Crippen LogP contribution in [0.5, 0.6) is 0 Å². The molecule has 0 saturated heterocycles. The van der Waals surface area contributed by atoms with Gasteiger partial charge in [0.1, 0.15) is 0 Å². The fraction of sp³-hybridized carbons (Fsp3) is 1.00. The Balaban J connectivity index is 2.89. The molecule has 0 unspecified atom stereocenters. The Bertz CT molecular complexity index is 164. The second-order valence-corrected chi connectivity index (χ2v) is 4.29. The van der Waals surface area contributed by atoms with Crippen molar-refractivity contribution in [1.29, 1.82) is 0 Å². The van der Waals surface area contributed by atoms with Crippen molar-refractivity contribution in [3.8, 4) is 0 Å². The number of hydrogen-bond donors (Lipinski definition) is 1. The van der Waals surface area contributed by atoms with Gasteiger partial charge < -0.3 is 29.4 Å². The van der Waals surface area contributed by atoms with Crippen molar-refractivity contribution in [2.75, 3.05) is 78.4 Å². The molecule has 0 atom stereocenters. The molecule has 0 aromatic carbocycles. The van der Waals surface area contributed by atoms with Crippen molar-refractivity contribution in [3.63, 3.8) is 0 Å². The number of rotatable bonds is 17. The summed E-state index contributed by atoms with van der Waals surface area (Å²) < 4.78 is 37.7. The van der Waals surface area contributed by atoms with E-state index in [1.807, 2.05) is 0 Å². The summed E-state index contributed by atoms with van der Waals surface area (Å²) >= 11 is 0.277. The van der Waals surface area contributed by atoms with Gasteiger partial charge in [0.2, 0.25) is 0 Å². The summed E-state index contributed by atoms with van der Waals surface area (Å²) in [5.41, 5.74) is 5.27. The highest BCUT2D eigenvalue weighted by Crippen LogP contribution is 1.97. The van der Waals surface area contributed by atoms with Gasteiger partial charge in [-0.2, -0.15) is 3.89 Å². The van der Waals surface area contributed by atoms with Gasteiger partial charge >= 0.3 is 0 Å². The molecule has 6 nitrogen and oxygen atoms in total. The normalized spacial score (nSPS) is 11.1. The van der Waals surface area contributed by atoms with E-state index in [9.17, 15) is 3.89 Å². The van der Waals surface area contributed by atoms with Gasteiger partial charge in [-0.15, -0.1) is 0 Å². The Hall–Kier alpha value is 0.0400. The van der Waals surface area contributed by atoms with Crippen molar-refractivity contribution in [3.05, 3.63) is 0 Å². The number of nitrogens with two attached hydrogens (primary N) is 1. The third kappa shape index (κ3) is 18.0. The van der Waals surface area contributed by atoms with Gasteiger partial charge in [0.25, 0.3) is 0 Å². The third-order valence-corrected chi connectivity index (χ3v) is 2.38. The van der Waals surface area contributed by atoms with Crippen LogP contribution in [-0.4, -0.2) is 78.4 Å². The molecule has 0 amide bonds. The predicted molar refractivity (Wildman–Crippen MR) is 76.7 cm³/mol. The van der Waals surface area contributed by atoms with Crippen molar-refractivity contribution >= 4 is 12.1 Å². The maximum absolute atomic E-state index is 11.6. The minimum absolute atomic E-state index is 0.277. The molecule has 0 heterocycles. The summed E-state index contributed by atoms with van der Waals surface area (Å²) in [5, 5.41) is 0. The molecule has 122 valence electrons. The maximum atomic E-state index is 11.6. The zero-order chi connectivity index (χ0) is 14.7. The number of hydrogen-bond acceptors (Lipinski definition) is 7. The quantitative estimate of drug-likeness (QED) is 0.395. The molecular weight excluding hydrogens is 289 g/mol. The molecule has 20 heavy (non-hydrogen) atoms. The van der Waals surface area contributed by atoms with Gasteiger partial charge in [-0.1, -0.05) is 0 Å². The first-order valence-electron chi connectivity index (χ1n) is 6.74. The van der Waals surface area contributed by atoms with Crippen LogP contribution in [-0.2, 0) is 23.7 Å². The molecule has 0 saturated carbocycles. The van der Waals surface area contributed by atoms with E-state index in [-0.39, 0.29) is 12.1 Å². The van der Waals surface area contributed by atoms with Gasteiger partial charge in [-0.05, 0) is 0 Å². The summed E-state index contributed by atoms with van der Waals surface area (Å²) in [6, 6.07) is 0. The van der Waals surface area contributed by atoms with E-state index in [0.29, 0.717) is 78.4 Å². The molecule has 0 radical (unpaired) electrons. The topological polar surface area (TPSA) is 72.2 Å². The molecule has 2 N–H and O–H groups in total. The lowest BCUT2D eigenvalue weighted by molar-refractivity contribution is -0.00952. The van der Waals surface area contributed by atoms with Gasteiger partial charge in [0, 0.05) is 24.4 Å². The van der Waals surface area contributed by atoms with Crippen molar-refractivity contribution in [2.24, 2.45) is 5.73 Å². The first-order valence-corrected chi connectivity index (χ1v) is 7.62. The van der Waals surface area contributed by atoms with Crippen LogP contribution in [0.25, 0.3) is 0 Å². The van der Waals surface area contributed by atoms with Crippen molar-refractivity contribution < 1.29 is 27.6 Å². The fourth-order valence-electron chi connectivity index (χ4n) is 1.16. The van der Waals surface area contributed by atoms with Crippen LogP contribution in [0.2, 0.25) is 0 Å². The Kier molecular flexibility index (Phi) is 19.1. The minimum atomic E-state index is 0.277. The lowest BCUT2D eigenvalue weighted by Gasteiger charge is -2.07. The van der Waals surface area contributed by atoms with Crippen LogP contribution >= 0.6 is 12.1 Å². The van der Waals surface area contributed by atoms with Gasteiger partial charge in [0.15, 0.2) is 0 Å². The summed E-state index contributed by atoms with van der Waals surface area (Å²) in [6.45, 7) is 5.69. The minimum Gasteiger partial charge on any atom is -0.378 e. The monoisotopic (exact) mass is 315 g/mol. The van der Waals surface area contributed by atoms with E-state index in [1.165, 1.54) is 0 Å². The molecule has 0 bridgehead atoms. The van der Waals surface area contributed by atoms with E-state index in [0.717, 1.165) is 0 Å². The van der Waals surface area contributed by atoms with E-state index < -0.39 is 0 Å². The zero-order valence-corrected chi connectivity index (χ0v) is 12.7. The Morgan fingerprint density at radius 2 is 0.950 bits per heavy atom. The smallest absolute Gasteiger partial charge is 0.0701 e. The van der Waals surface area contributed by atoms with E-state index >= 15 is 0 Å². The SMILES string of the molecule is NCCOCCOCCOCCOCCOCCSF. The van der Waals surface area contributed by atoms with Crippen LogP contribution in [0.3, 0.4) is 0 Å². The van der Waals surface area contributed by atoms with Crippen LogP contribution in [0, 0.1) is 0 Å². The second-order valence-electron chi connectivity index (χ2n) is 3.66. The summed E-state index contributed by atoms with van der Waals surface area (Å²) in [7, 11) is 0. The Morgan fingerprint density at radius 1 is 0.600 bits per heavy atom. The van der Waals surface area contributed by atoms with E-state index in [4.69, 9.17) is 29.4 Å². The Labute approximate surface area is 124 Å². The van der Waals surface area contributed by atoms with E-state index in [1.54, 1.807) is 0 Å². The number of ether oxygens (including phenoxy) is 5.